The molecule has 0 saturated heterocycles. The maximum atomic E-state index is 12.3. The molecule has 7 nitrogen and oxygen atoms in total. The highest BCUT2D eigenvalue weighted by Crippen LogP contribution is 2.22. The Bertz CT molecular complexity index is 806. The molecule has 0 radical (unpaired) electrons. The lowest BCUT2D eigenvalue weighted by Gasteiger charge is -2.13. The van der Waals surface area contributed by atoms with Gasteiger partial charge in [0.25, 0.3) is 11.8 Å². The van der Waals surface area contributed by atoms with Crippen LogP contribution in [-0.2, 0) is 6.42 Å². The summed E-state index contributed by atoms with van der Waals surface area (Å²) in [5, 5.41) is 3.06. The number of carbonyl (C=O) groups excluding carboxylic acids is 2. The van der Waals surface area contributed by atoms with Crippen molar-refractivity contribution in [1.29, 1.82) is 0 Å². The van der Waals surface area contributed by atoms with Crippen molar-refractivity contribution in [3.8, 4) is 0 Å². The van der Waals surface area contributed by atoms with Gasteiger partial charge in [-0.2, -0.15) is 0 Å². The van der Waals surface area contributed by atoms with Gasteiger partial charge >= 0.3 is 0 Å². The van der Waals surface area contributed by atoms with E-state index in [4.69, 9.17) is 5.73 Å². The molecule has 0 bridgehead atoms. The number of hydrogen-bond donors (Lipinski definition) is 2. The summed E-state index contributed by atoms with van der Waals surface area (Å²) in [7, 11) is 0. The molecule has 3 N–H and O–H groups in total. The van der Waals surface area contributed by atoms with Crippen molar-refractivity contribution in [2.24, 2.45) is 10.7 Å². The van der Waals surface area contributed by atoms with Gasteiger partial charge in [0.15, 0.2) is 5.96 Å². The van der Waals surface area contributed by atoms with Crippen LogP contribution in [0.5, 0.6) is 0 Å². The Balaban J connectivity index is 0.00000280. The minimum absolute atomic E-state index is 0. The lowest BCUT2D eigenvalue weighted by Crippen LogP contribution is -2.33. The van der Waals surface area contributed by atoms with E-state index in [9.17, 15) is 9.59 Å². The van der Waals surface area contributed by atoms with Crippen LogP contribution in [0.2, 0.25) is 0 Å². The number of pyridine rings is 1. The largest absolute Gasteiger partial charge is 0.370 e. The van der Waals surface area contributed by atoms with Crippen molar-refractivity contribution >= 4 is 41.8 Å². The highest BCUT2D eigenvalue weighted by molar-refractivity contribution is 14.0. The predicted molar refractivity (Wildman–Crippen MR) is 119 cm³/mol. The first-order valence-corrected chi connectivity index (χ1v) is 9.06. The van der Waals surface area contributed by atoms with E-state index < -0.39 is 0 Å². The van der Waals surface area contributed by atoms with Crippen molar-refractivity contribution in [3.63, 3.8) is 0 Å². The van der Waals surface area contributed by atoms with Crippen molar-refractivity contribution in [1.82, 2.24) is 15.2 Å². The van der Waals surface area contributed by atoms with Crippen molar-refractivity contribution in [3.05, 3.63) is 65.5 Å². The molecule has 1 aliphatic heterocycles. The smallest absolute Gasteiger partial charge is 0.261 e. The van der Waals surface area contributed by atoms with Gasteiger partial charge in [0.05, 0.1) is 11.1 Å². The maximum Gasteiger partial charge on any atom is 0.261 e. The number of fused-ring (bicyclic) bond motifs is 1. The highest BCUT2D eigenvalue weighted by atomic mass is 127. The van der Waals surface area contributed by atoms with Gasteiger partial charge in [0.1, 0.15) is 0 Å². The Morgan fingerprint density at radius 1 is 1.04 bits per heavy atom. The number of nitrogens with one attached hydrogen (secondary N) is 1. The maximum absolute atomic E-state index is 12.3. The van der Waals surface area contributed by atoms with Gasteiger partial charge in [-0.3, -0.25) is 24.5 Å². The van der Waals surface area contributed by atoms with E-state index in [1.54, 1.807) is 30.5 Å². The fourth-order valence-electron chi connectivity index (χ4n) is 2.94. The van der Waals surface area contributed by atoms with Gasteiger partial charge < -0.3 is 11.1 Å². The lowest BCUT2D eigenvalue weighted by atomic mass is 10.1. The zero-order chi connectivity index (χ0) is 19.1. The summed E-state index contributed by atoms with van der Waals surface area (Å²) >= 11 is 0. The van der Waals surface area contributed by atoms with Crippen LogP contribution >= 0.6 is 24.0 Å². The molecule has 0 fully saturated rings. The number of amides is 2. The zero-order valence-electron chi connectivity index (χ0n) is 15.5. The highest BCUT2D eigenvalue weighted by Gasteiger charge is 2.34. The van der Waals surface area contributed by atoms with Gasteiger partial charge in [-0.05, 0) is 37.1 Å². The second kappa shape index (κ2) is 10.7. The van der Waals surface area contributed by atoms with Crippen molar-refractivity contribution in [2.45, 2.75) is 19.3 Å². The Hall–Kier alpha value is -2.49. The fraction of sp³-hybridized carbons (Fsp3) is 0.300. The second-order valence-electron chi connectivity index (χ2n) is 6.28. The van der Waals surface area contributed by atoms with Crippen LogP contribution in [-0.4, -0.2) is 47.3 Å². The minimum Gasteiger partial charge on any atom is -0.370 e. The third-order valence-corrected chi connectivity index (χ3v) is 4.36. The summed E-state index contributed by atoms with van der Waals surface area (Å²) in [5.74, 6) is -0.0312. The SMILES string of the molecule is I.NC(=NCCCCN1C(=O)c2ccccc2C1=O)NCCc1ccccn1. The fourth-order valence-corrected chi connectivity index (χ4v) is 2.94. The first-order chi connectivity index (χ1) is 13.2. The summed E-state index contributed by atoms with van der Waals surface area (Å²) in [5.41, 5.74) is 7.82. The van der Waals surface area contributed by atoms with E-state index in [0.717, 1.165) is 18.5 Å². The van der Waals surface area contributed by atoms with E-state index in [-0.39, 0.29) is 35.8 Å². The van der Waals surface area contributed by atoms with Crippen LogP contribution in [0.25, 0.3) is 0 Å². The van der Waals surface area contributed by atoms with Crippen LogP contribution in [0, 0.1) is 0 Å². The number of nitrogens with two attached hydrogens (primary N) is 1. The van der Waals surface area contributed by atoms with Crippen LogP contribution < -0.4 is 11.1 Å². The molecule has 1 aromatic heterocycles. The Morgan fingerprint density at radius 3 is 2.36 bits per heavy atom. The summed E-state index contributed by atoms with van der Waals surface area (Å²) < 4.78 is 0. The molecule has 28 heavy (non-hydrogen) atoms. The van der Waals surface area contributed by atoms with Crippen LogP contribution in [0.1, 0.15) is 39.3 Å². The van der Waals surface area contributed by atoms with E-state index in [2.05, 4.69) is 15.3 Å². The molecule has 148 valence electrons. The zero-order valence-corrected chi connectivity index (χ0v) is 17.8. The standard InChI is InChI=1S/C20H23N5O2.HI/c21-20(24-13-10-15-7-3-4-11-22-15)23-12-5-6-14-25-18(26)16-8-1-2-9-17(16)19(25)27;/h1-4,7-9,11H,5-6,10,12-14H2,(H3,21,23,24);1H. The Kier molecular flexibility index (Phi) is 8.37. The van der Waals surface area contributed by atoms with Crippen molar-refractivity contribution in [2.75, 3.05) is 19.6 Å². The molecule has 0 saturated carbocycles. The molecule has 0 atom stereocenters. The van der Waals surface area contributed by atoms with Gasteiger partial charge in [0, 0.05) is 37.9 Å². The lowest BCUT2D eigenvalue weighted by molar-refractivity contribution is 0.0652. The van der Waals surface area contributed by atoms with Crippen LogP contribution in [0.3, 0.4) is 0 Å². The molecule has 2 heterocycles. The molecule has 2 aromatic rings. The quantitative estimate of drug-likeness (QED) is 0.193. The first-order valence-electron chi connectivity index (χ1n) is 9.06. The van der Waals surface area contributed by atoms with Crippen LogP contribution in [0.4, 0.5) is 0 Å². The molecule has 2 amide bonds. The third-order valence-electron chi connectivity index (χ3n) is 4.36. The molecule has 3 rings (SSSR count). The van der Waals surface area contributed by atoms with Gasteiger partial charge in [-0.25, -0.2) is 0 Å². The number of halogens is 1. The number of imide groups is 1. The van der Waals surface area contributed by atoms with Gasteiger partial charge in [-0.15, -0.1) is 24.0 Å². The third kappa shape index (κ3) is 5.51. The molecule has 1 aromatic carbocycles. The number of benzene rings is 1. The molecular formula is C20H24IN5O2. The number of rotatable bonds is 8. The average Bonchev–Trinajstić information content (AvgIpc) is 2.93. The second-order valence-corrected chi connectivity index (χ2v) is 6.28. The summed E-state index contributed by atoms with van der Waals surface area (Å²) in [4.78, 5) is 34.3. The number of nitrogens with zero attached hydrogens (tertiary/aromatic N) is 3. The molecule has 1 aliphatic rings. The summed E-state index contributed by atoms with van der Waals surface area (Å²) in [6.45, 7) is 1.61. The molecule has 8 heteroatoms. The van der Waals surface area contributed by atoms with Crippen molar-refractivity contribution < 1.29 is 9.59 Å². The number of aliphatic imine (C=N–C) groups is 1. The molecular weight excluding hydrogens is 469 g/mol. The average molecular weight is 493 g/mol. The monoisotopic (exact) mass is 493 g/mol. The van der Waals surface area contributed by atoms with Crippen LogP contribution in [0.15, 0.2) is 53.7 Å². The normalized spacial score (nSPS) is 13.3. The number of hydrogen-bond acceptors (Lipinski definition) is 4. The summed E-state index contributed by atoms with van der Waals surface area (Å²) in [6, 6.07) is 12.7. The summed E-state index contributed by atoms with van der Waals surface area (Å²) in [6.07, 6.45) is 3.98. The number of guanidine groups is 1. The van der Waals surface area contributed by atoms with E-state index in [0.29, 0.717) is 43.1 Å². The van der Waals surface area contributed by atoms with E-state index >= 15 is 0 Å². The van der Waals surface area contributed by atoms with Gasteiger partial charge in [-0.1, -0.05) is 18.2 Å². The predicted octanol–water partition coefficient (Wildman–Crippen LogP) is 2.22. The number of aromatic nitrogens is 1. The van der Waals surface area contributed by atoms with E-state index in [1.807, 2.05) is 18.2 Å². The first kappa shape index (κ1) is 21.8. The topological polar surface area (TPSA) is 101 Å². The Morgan fingerprint density at radius 2 is 1.71 bits per heavy atom. The minimum atomic E-state index is -0.213. The molecule has 0 aliphatic carbocycles. The number of unbranched alkanes of at least 4 members (excludes halogenated alkanes) is 1. The molecule has 0 unspecified atom stereocenters. The van der Waals surface area contributed by atoms with E-state index in [1.165, 1.54) is 4.90 Å². The number of carbonyl (C=O) groups is 2. The van der Waals surface area contributed by atoms with Gasteiger partial charge in [0.2, 0.25) is 0 Å². The molecule has 0 spiro atoms. The Labute approximate surface area is 181 Å².